The van der Waals surface area contributed by atoms with Crippen molar-refractivity contribution in [2.45, 2.75) is 6.92 Å². The Bertz CT molecular complexity index is 314. The van der Waals surface area contributed by atoms with Crippen LogP contribution in [0.5, 0.6) is 0 Å². The van der Waals surface area contributed by atoms with Crippen molar-refractivity contribution in [1.29, 1.82) is 0 Å². The summed E-state index contributed by atoms with van der Waals surface area (Å²) >= 11 is 16.5. The highest BCUT2D eigenvalue weighted by atomic mass is 35.5. The lowest BCUT2D eigenvalue weighted by Gasteiger charge is -2.02. The smallest absolute Gasteiger partial charge is 0.255 e. The summed E-state index contributed by atoms with van der Waals surface area (Å²) in [6.07, 6.45) is 0. The second-order valence-electron chi connectivity index (χ2n) is 2.20. The summed E-state index contributed by atoms with van der Waals surface area (Å²) in [5.74, 6) is 0. The lowest BCUT2D eigenvalue weighted by atomic mass is 10.2. The number of aryl methyl sites for hydroxylation is 1. The standard InChI is InChI=1S/C7H4Cl3NO/c1-3-2-4(8)11-6(9)5(3)7(10)12/h2H,1H3. The van der Waals surface area contributed by atoms with Gasteiger partial charge in [0.1, 0.15) is 10.3 Å². The van der Waals surface area contributed by atoms with Crippen molar-refractivity contribution in [3.05, 3.63) is 27.5 Å². The van der Waals surface area contributed by atoms with Gasteiger partial charge in [0, 0.05) is 0 Å². The molecule has 0 radical (unpaired) electrons. The Kier molecular flexibility index (Phi) is 2.94. The molecule has 1 aromatic heterocycles. The average molecular weight is 224 g/mol. The van der Waals surface area contributed by atoms with Gasteiger partial charge in [-0.1, -0.05) is 23.2 Å². The van der Waals surface area contributed by atoms with Gasteiger partial charge in [-0.2, -0.15) is 0 Å². The van der Waals surface area contributed by atoms with Crippen molar-refractivity contribution in [2.24, 2.45) is 0 Å². The van der Waals surface area contributed by atoms with E-state index in [0.717, 1.165) is 0 Å². The zero-order chi connectivity index (χ0) is 9.30. The van der Waals surface area contributed by atoms with E-state index in [1.807, 2.05) is 0 Å². The van der Waals surface area contributed by atoms with E-state index in [-0.39, 0.29) is 15.9 Å². The topological polar surface area (TPSA) is 30.0 Å². The fourth-order valence-electron chi connectivity index (χ4n) is 0.832. The summed E-state index contributed by atoms with van der Waals surface area (Å²) in [5.41, 5.74) is 0.836. The largest absolute Gasteiger partial charge is 0.275 e. The van der Waals surface area contributed by atoms with Gasteiger partial charge >= 0.3 is 0 Å². The second-order valence-corrected chi connectivity index (χ2v) is 3.29. The molecule has 0 N–H and O–H groups in total. The number of rotatable bonds is 1. The second kappa shape index (κ2) is 3.60. The molecule has 0 amide bonds. The van der Waals surface area contributed by atoms with E-state index in [9.17, 15) is 4.79 Å². The van der Waals surface area contributed by atoms with Gasteiger partial charge in [0.05, 0.1) is 5.56 Å². The predicted molar refractivity (Wildman–Crippen MR) is 49.2 cm³/mol. The van der Waals surface area contributed by atoms with Gasteiger partial charge in [-0.25, -0.2) is 4.98 Å². The molecule has 64 valence electrons. The molecule has 0 aromatic carbocycles. The maximum Gasteiger partial charge on any atom is 0.255 e. The van der Waals surface area contributed by atoms with Crippen LogP contribution in [0.15, 0.2) is 6.07 Å². The highest BCUT2D eigenvalue weighted by Gasteiger charge is 2.12. The maximum atomic E-state index is 10.8. The minimum absolute atomic E-state index is 0.0417. The number of nitrogens with zero attached hydrogens (tertiary/aromatic N) is 1. The van der Waals surface area contributed by atoms with Crippen LogP contribution in [0.4, 0.5) is 0 Å². The van der Waals surface area contributed by atoms with Gasteiger partial charge in [-0.15, -0.1) is 0 Å². The van der Waals surface area contributed by atoms with Crippen molar-refractivity contribution in [1.82, 2.24) is 4.98 Å². The van der Waals surface area contributed by atoms with Crippen LogP contribution >= 0.6 is 34.8 Å². The molecule has 0 aliphatic rings. The third-order valence-corrected chi connectivity index (χ3v) is 1.99. The fourth-order valence-corrected chi connectivity index (χ4v) is 1.74. The van der Waals surface area contributed by atoms with Gasteiger partial charge < -0.3 is 0 Å². The molecule has 1 rings (SSSR count). The molecule has 2 nitrogen and oxygen atoms in total. The summed E-state index contributed by atoms with van der Waals surface area (Å²) in [6.45, 7) is 1.69. The molecular formula is C7H4Cl3NO. The molecule has 0 saturated carbocycles. The number of hydrogen-bond donors (Lipinski definition) is 0. The van der Waals surface area contributed by atoms with Crippen LogP contribution in [-0.4, -0.2) is 10.2 Å². The number of carbonyl (C=O) groups excluding carboxylic acids is 1. The molecule has 0 atom stereocenters. The van der Waals surface area contributed by atoms with Crippen LogP contribution in [0.2, 0.25) is 10.3 Å². The number of halogens is 3. The molecule has 0 spiro atoms. The maximum absolute atomic E-state index is 10.8. The van der Waals surface area contributed by atoms with Crippen LogP contribution in [-0.2, 0) is 0 Å². The molecule has 12 heavy (non-hydrogen) atoms. The van der Waals surface area contributed by atoms with Crippen LogP contribution in [0.1, 0.15) is 15.9 Å². The number of pyridine rings is 1. The Morgan fingerprint density at radius 1 is 1.50 bits per heavy atom. The van der Waals surface area contributed by atoms with Gasteiger partial charge in [-0.05, 0) is 30.2 Å². The Hall–Kier alpha value is -0.310. The first-order valence-electron chi connectivity index (χ1n) is 3.05. The zero-order valence-electron chi connectivity index (χ0n) is 6.07. The van der Waals surface area contributed by atoms with E-state index in [2.05, 4.69) is 4.98 Å². The van der Waals surface area contributed by atoms with Crippen molar-refractivity contribution >= 4 is 40.0 Å². The summed E-state index contributed by atoms with van der Waals surface area (Å²) in [5, 5.41) is -0.333. The van der Waals surface area contributed by atoms with E-state index in [4.69, 9.17) is 34.8 Å². The molecule has 0 fully saturated rings. The zero-order valence-corrected chi connectivity index (χ0v) is 8.33. The fraction of sp³-hybridized carbons (Fsp3) is 0.143. The lowest BCUT2D eigenvalue weighted by Crippen LogP contribution is -1.97. The molecule has 0 bridgehead atoms. The van der Waals surface area contributed by atoms with E-state index in [0.29, 0.717) is 5.56 Å². The van der Waals surface area contributed by atoms with Crippen molar-refractivity contribution in [3.63, 3.8) is 0 Å². The SMILES string of the molecule is Cc1cc(Cl)nc(Cl)c1C(=O)Cl. The Balaban J connectivity index is 3.38. The molecule has 1 aromatic rings. The molecule has 0 unspecified atom stereocenters. The molecule has 5 heteroatoms. The first-order chi connectivity index (χ1) is 5.52. The van der Waals surface area contributed by atoms with E-state index >= 15 is 0 Å². The van der Waals surface area contributed by atoms with Gasteiger partial charge in [0.25, 0.3) is 5.24 Å². The van der Waals surface area contributed by atoms with Crippen LogP contribution in [0.25, 0.3) is 0 Å². The summed E-state index contributed by atoms with van der Waals surface area (Å²) in [6, 6.07) is 1.53. The van der Waals surface area contributed by atoms with E-state index in [1.54, 1.807) is 6.92 Å². The number of carbonyl (C=O) groups is 1. The number of aromatic nitrogens is 1. The van der Waals surface area contributed by atoms with Gasteiger partial charge in [0.2, 0.25) is 0 Å². The normalized spacial score (nSPS) is 10.0. The third-order valence-electron chi connectivity index (χ3n) is 1.34. The summed E-state index contributed by atoms with van der Waals surface area (Å²) in [4.78, 5) is 14.5. The Morgan fingerprint density at radius 3 is 2.50 bits per heavy atom. The highest BCUT2D eigenvalue weighted by molar-refractivity contribution is 6.68. The highest BCUT2D eigenvalue weighted by Crippen LogP contribution is 2.22. The summed E-state index contributed by atoms with van der Waals surface area (Å²) < 4.78 is 0. The monoisotopic (exact) mass is 223 g/mol. The first kappa shape index (κ1) is 9.78. The quantitative estimate of drug-likeness (QED) is 0.542. The summed E-state index contributed by atoms with van der Waals surface area (Å²) in [7, 11) is 0. The molecular weight excluding hydrogens is 220 g/mol. The molecule has 0 aliphatic carbocycles. The predicted octanol–water partition coefficient (Wildman–Crippen LogP) is 3.08. The average Bonchev–Trinajstić information content (AvgIpc) is 1.82. The molecule has 0 aliphatic heterocycles. The minimum Gasteiger partial charge on any atom is -0.275 e. The van der Waals surface area contributed by atoms with Crippen molar-refractivity contribution in [3.8, 4) is 0 Å². The Labute approximate surface area is 84.5 Å². The minimum atomic E-state index is -0.623. The van der Waals surface area contributed by atoms with Crippen LogP contribution in [0.3, 0.4) is 0 Å². The van der Waals surface area contributed by atoms with Crippen molar-refractivity contribution < 1.29 is 4.79 Å². The molecule has 1 heterocycles. The van der Waals surface area contributed by atoms with E-state index in [1.165, 1.54) is 6.07 Å². The van der Waals surface area contributed by atoms with Gasteiger partial charge in [-0.3, -0.25) is 4.79 Å². The Morgan fingerprint density at radius 2 is 2.08 bits per heavy atom. The van der Waals surface area contributed by atoms with Gasteiger partial charge in [0.15, 0.2) is 0 Å². The first-order valence-corrected chi connectivity index (χ1v) is 4.18. The molecule has 0 saturated heterocycles. The van der Waals surface area contributed by atoms with Crippen LogP contribution in [0, 0.1) is 6.92 Å². The van der Waals surface area contributed by atoms with Crippen molar-refractivity contribution in [2.75, 3.05) is 0 Å². The lowest BCUT2D eigenvalue weighted by molar-refractivity contribution is 0.108. The third kappa shape index (κ3) is 1.89. The van der Waals surface area contributed by atoms with Crippen LogP contribution < -0.4 is 0 Å². The number of hydrogen-bond acceptors (Lipinski definition) is 2. The van der Waals surface area contributed by atoms with E-state index < -0.39 is 5.24 Å².